The second-order valence-electron chi connectivity index (χ2n) is 3.85. The molecule has 19 heavy (non-hydrogen) atoms. The van der Waals surface area contributed by atoms with E-state index in [4.69, 9.17) is 5.11 Å². The van der Waals surface area contributed by atoms with Crippen LogP contribution in [-0.4, -0.2) is 47.6 Å². The number of fused-ring (bicyclic) bond motifs is 1. The number of nitrogens with zero attached hydrogens (tertiary/aromatic N) is 3. The number of aliphatic carboxylic acids is 1. The van der Waals surface area contributed by atoms with Gasteiger partial charge >= 0.3 is 5.97 Å². The minimum atomic E-state index is -0.916. The molecule has 0 aromatic carbocycles. The number of pyridine rings is 1. The Morgan fingerprint density at radius 1 is 1.58 bits per heavy atom. The van der Waals surface area contributed by atoms with Crippen molar-refractivity contribution in [1.29, 1.82) is 0 Å². The number of hydrogen-bond acceptors (Lipinski definition) is 5. The SMILES string of the molecule is CS(=O)CCn1c(SCC(=O)O)nc2cccnc21. The van der Waals surface area contributed by atoms with Crippen molar-refractivity contribution in [3.63, 3.8) is 0 Å². The predicted octanol–water partition coefficient (Wildman–Crippen LogP) is 0.986. The summed E-state index contributed by atoms with van der Waals surface area (Å²) in [6.45, 7) is 0.512. The molecule has 0 fully saturated rings. The minimum Gasteiger partial charge on any atom is -0.481 e. The zero-order valence-corrected chi connectivity index (χ0v) is 11.9. The number of thioether (sulfide) groups is 1. The molecule has 0 amide bonds. The van der Waals surface area contributed by atoms with Crippen molar-refractivity contribution in [1.82, 2.24) is 14.5 Å². The number of carboxylic acids is 1. The van der Waals surface area contributed by atoms with E-state index in [0.29, 0.717) is 23.1 Å². The molecule has 2 aromatic heterocycles. The summed E-state index contributed by atoms with van der Waals surface area (Å²) in [5.41, 5.74) is 1.41. The van der Waals surface area contributed by atoms with E-state index in [1.807, 2.05) is 10.6 Å². The zero-order chi connectivity index (χ0) is 13.8. The van der Waals surface area contributed by atoms with Gasteiger partial charge < -0.3 is 9.67 Å². The fraction of sp³-hybridized carbons (Fsp3) is 0.364. The lowest BCUT2D eigenvalue weighted by molar-refractivity contribution is -0.133. The summed E-state index contributed by atoms with van der Waals surface area (Å²) in [5.74, 6) is -0.461. The van der Waals surface area contributed by atoms with Crippen molar-refractivity contribution in [3.8, 4) is 0 Å². The highest BCUT2D eigenvalue weighted by Crippen LogP contribution is 2.22. The molecule has 1 atom stereocenters. The summed E-state index contributed by atoms with van der Waals surface area (Å²) in [7, 11) is -0.916. The van der Waals surface area contributed by atoms with Crippen LogP contribution in [-0.2, 0) is 22.1 Å². The molecule has 1 N–H and O–H groups in total. The summed E-state index contributed by atoms with van der Waals surface area (Å²) in [4.78, 5) is 19.3. The Labute approximate surface area is 116 Å². The van der Waals surface area contributed by atoms with E-state index in [9.17, 15) is 9.00 Å². The van der Waals surface area contributed by atoms with Crippen LogP contribution in [0.2, 0.25) is 0 Å². The van der Waals surface area contributed by atoms with E-state index in [1.165, 1.54) is 0 Å². The van der Waals surface area contributed by atoms with Gasteiger partial charge in [-0.05, 0) is 12.1 Å². The quantitative estimate of drug-likeness (QED) is 0.801. The molecule has 0 saturated carbocycles. The van der Waals surface area contributed by atoms with Crippen LogP contribution >= 0.6 is 11.8 Å². The maximum absolute atomic E-state index is 11.2. The lowest BCUT2D eigenvalue weighted by Gasteiger charge is -2.06. The molecule has 0 aliphatic carbocycles. The summed E-state index contributed by atoms with van der Waals surface area (Å²) >= 11 is 1.15. The van der Waals surface area contributed by atoms with Gasteiger partial charge in [-0.25, -0.2) is 9.97 Å². The fourth-order valence-electron chi connectivity index (χ4n) is 1.60. The van der Waals surface area contributed by atoms with E-state index < -0.39 is 16.8 Å². The normalized spacial score (nSPS) is 12.7. The van der Waals surface area contributed by atoms with Crippen molar-refractivity contribution in [2.24, 2.45) is 0 Å². The monoisotopic (exact) mass is 299 g/mol. The van der Waals surface area contributed by atoms with E-state index in [2.05, 4.69) is 9.97 Å². The van der Waals surface area contributed by atoms with Crippen LogP contribution in [0.3, 0.4) is 0 Å². The largest absolute Gasteiger partial charge is 0.481 e. The Bertz CT molecular complexity index is 627. The third-order valence-electron chi connectivity index (χ3n) is 2.40. The molecule has 2 heterocycles. The fourth-order valence-corrected chi connectivity index (χ4v) is 2.78. The summed E-state index contributed by atoms with van der Waals surface area (Å²) in [6, 6.07) is 3.61. The molecule has 1 unspecified atom stereocenters. The van der Waals surface area contributed by atoms with Crippen LogP contribution in [0.25, 0.3) is 11.2 Å². The number of hydrogen-bond donors (Lipinski definition) is 1. The van der Waals surface area contributed by atoms with E-state index in [0.717, 1.165) is 17.3 Å². The molecule has 6 nitrogen and oxygen atoms in total. The highest BCUT2D eigenvalue weighted by Gasteiger charge is 2.13. The molecule has 0 saturated heterocycles. The maximum atomic E-state index is 11.2. The standard InChI is InChI=1S/C11H13N3O3S2/c1-19(17)6-5-14-10-8(3-2-4-12-10)13-11(14)18-7-9(15)16/h2-4H,5-7H2,1H3,(H,15,16). The van der Waals surface area contributed by atoms with Gasteiger partial charge in [-0.1, -0.05) is 11.8 Å². The van der Waals surface area contributed by atoms with Crippen molar-refractivity contribution < 1.29 is 14.1 Å². The van der Waals surface area contributed by atoms with Crippen molar-refractivity contribution >= 4 is 39.7 Å². The average molecular weight is 299 g/mol. The number of carbonyl (C=O) groups is 1. The van der Waals surface area contributed by atoms with Crippen molar-refractivity contribution in [2.45, 2.75) is 11.7 Å². The Balaban J connectivity index is 2.33. The van der Waals surface area contributed by atoms with Crippen LogP contribution in [0.4, 0.5) is 0 Å². The Morgan fingerprint density at radius 2 is 2.37 bits per heavy atom. The van der Waals surface area contributed by atoms with E-state index in [1.54, 1.807) is 18.5 Å². The van der Waals surface area contributed by atoms with Gasteiger partial charge in [0.1, 0.15) is 5.52 Å². The van der Waals surface area contributed by atoms with Crippen LogP contribution in [0.1, 0.15) is 0 Å². The van der Waals surface area contributed by atoms with Crippen LogP contribution in [0, 0.1) is 0 Å². The van der Waals surface area contributed by atoms with E-state index in [-0.39, 0.29) is 5.75 Å². The van der Waals surface area contributed by atoms with Crippen molar-refractivity contribution in [3.05, 3.63) is 18.3 Å². The maximum Gasteiger partial charge on any atom is 0.313 e. The van der Waals surface area contributed by atoms with Gasteiger partial charge in [-0.3, -0.25) is 9.00 Å². The molecule has 0 aliphatic rings. The molecule has 0 bridgehead atoms. The number of aromatic nitrogens is 3. The lowest BCUT2D eigenvalue weighted by atomic mass is 10.4. The molecule has 0 aliphatic heterocycles. The van der Waals surface area contributed by atoms with Crippen LogP contribution < -0.4 is 0 Å². The zero-order valence-electron chi connectivity index (χ0n) is 10.3. The Kier molecular flexibility index (Phi) is 4.54. The van der Waals surface area contributed by atoms with E-state index >= 15 is 0 Å². The average Bonchev–Trinajstić information content (AvgIpc) is 2.71. The molecular weight excluding hydrogens is 286 g/mol. The first-order valence-corrected chi connectivity index (χ1v) is 8.25. The second-order valence-corrected chi connectivity index (χ2v) is 6.35. The van der Waals surface area contributed by atoms with Gasteiger partial charge in [-0.2, -0.15) is 0 Å². The van der Waals surface area contributed by atoms with Gasteiger partial charge in [0.05, 0.1) is 5.75 Å². The van der Waals surface area contributed by atoms with Crippen LogP contribution in [0.15, 0.2) is 23.5 Å². The third-order valence-corrected chi connectivity index (χ3v) is 4.11. The Hall–Kier alpha value is -1.41. The molecule has 8 heteroatoms. The number of aryl methyl sites for hydroxylation is 1. The minimum absolute atomic E-state index is 0.0570. The first-order valence-electron chi connectivity index (χ1n) is 5.54. The molecule has 102 valence electrons. The first kappa shape index (κ1) is 14.0. The second kappa shape index (κ2) is 6.16. The van der Waals surface area contributed by atoms with Crippen molar-refractivity contribution in [2.75, 3.05) is 17.8 Å². The topological polar surface area (TPSA) is 85.1 Å². The first-order chi connectivity index (χ1) is 9.08. The summed E-state index contributed by atoms with van der Waals surface area (Å²) in [5, 5.41) is 9.34. The number of imidazole rings is 1. The number of carboxylic acid groups (broad SMARTS) is 1. The molecule has 0 spiro atoms. The van der Waals surface area contributed by atoms with Gasteiger partial charge in [-0.15, -0.1) is 0 Å². The van der Waals surface area contributed by atoms with Gasteiger partial charge in [0.15, 0.2) is 10.8 Å². The van der Waals surface area contributed by atoms with Gasteiger partial charge in [0, 0.05) is 35.5 Å². The summed E-state index contributed by atoms with van der Waals surface area (Å²) < 4.78 is 13.0. The predicted molar refractivity (Wildman–Crippen MR) is 74.8 cm³/mol. The molecule has 2 rings (SSSR count). The molecule has 2 aromatic rings. The van der Waals surface area contributed by atoms with Gasteiger partial charge in [0.2, 0.25) is 0 Å². The highest BCUT2D eigenvalue weighted by molar-refractivity contribution is 7.99. The smallest absolute Gasteiger partial charge is 0.313 e. The summed E-state index contributed by atoms with van der Waals surface area (Å²) in [6.07, 6.45) is 3.30. The number of rotatable bonds is 6. The van der Waals surface area contributed by atoms with Crippen LogP contribution in [0.5, 0.6) is 0 Å². The third kappa shape index (κ3) is 3.54. The lowest BCUT2D eigenvalue weighted by Crippen LogP contribution is -2.09. The molecular formula is C11H13N3O3S2. The highest BCUT2D eigenvalue weighted by atomic mass is 32.2. The Morgan fingerprint density at radius 3 is 3.05 bits per heavy atom. The molecule has 0 radical (unpaired) electrons. The van der Waals surface area contributed by atoms with Gasteiger partial charge in [0.25, 0.3) is 0 Å².